The van der Waals surface area contributed by atoms with Crippen LogP contribution < -0.4 is 76.9 Å². The van der Waals surface area contributed by atoms with Crippen molar-refractivity contribution in [2.75, 3.05) is 44.7 Å². The van der Waals surface area contributed by atoms with Crippen molar-refractivity contribution in [1.29, 1.82) is 0 Å². The quantitative estimate of drug-likeness (QED) is 0.0151. The van der Waals surface area contributed by atoms with E-state index in [1.54, 1.807) is 48.9 Å². The number of aromatic amines is 1. The van der Waals surface area contributed by atoms with Crippen LogP contribution in [-0.4, -0.2) is 219 Å². The Morgan fingerprint density at radius 3 is 1.59 bits per heavy atom. The number of aliphatic hydroxyl groups excluding tert-OH is 1. The molecule has 3 aromatic rings. The van der Waals surface area contributed by atoms with Crippen LogP contribution in [-0.2, 0) is 65.6 Å². The van der Waals surface area contributed by atoms with E-state index in [-0.39, 0.29) is 102 Å². The van der Waals surface area contributed by atoms with Gasteiger partial charge in [0.15, 0.2) is 11.9 Å². The Kier molecular flexibility index (Phi) is 31.6. The summed E-state index contributed by atoms with van der Waals surface area (Å²) < 4.78 is 0. The number of likely N-dealkylation sites (tertiary alicyclic amines) is 2. The van der Waals surface area contributed by atoms with Gasteiger partial charge in [0.2, 0.25) is 59.1 Å². The van der Waals surface area contributed by atoms with Crippen molar-refractivity contribution in [3.8, 4) is 0 Å². The zero-order chi connectivity index (χ0) is 70.6. The minimum Gasteiger partial charge on any atom is -0.480 e. The summed E-state index contributed by atoms with van der Waals surface area (Å²) in [5.74, 6) is -8.99. The van der Waals surface area contributed by atoms with Crippen LogP contribution in [0.2, 0.25) is 0 Å². The predicted octanol–water partition coefficient (Wildman–Crippen LogP) is -3.36. The molecule has 10 amide bonds. The lowest BCUT2D eigenvalue weighted by molar-refractivity contribution is -0.145. The molecular formula is C63H97N19O13S. The number of carboxylic acids is 1. The number of nitrogens with one attached hydrogen (secondary N) is 9. The minimum absolute atomic E-state index is 0.0196. The van der Waals surface area contributed by atoms with Gasteiger partial charge in [-0.2, -0.15) is 11.8 Å². The van der Waals surface area contributed by atoms with Crippen LogP contribution in [0.1, 0.15) is 109 Å². The zero-order valence-corrected chi connectivity index (χ0v) is 55.7. The van der Waals surface area contributed by atoms with Gasteiger partial charge in [0.05, 0.1) is 12.1 Å². The standard InChI is InChI=1S/C63H97N19O13S/c1-35(65)51(84)74-42(20-10-11-26-64)53(86)75-43(21-12-27-70-62(66)67)54(87)76-44(22-13-28-71-63(68)69)55(88)77-45(25-31-96-4)52(85)73-36(2)59(92)81-29-14-24-49(81)57(90)80-50(37(3)83)58(91)78-46(33-39-34-72-41-19-9-8-18-40(39)41)60(93)82-30-15-23-48(82)56(89)79-47(61(94)95)32-38-16-6-5-7-17-38/h5-9,16-19,34-37,42-50,72,83H,10-15,20-33,64-65H2,1-4H3,(H,73,85)(H,74,84)(H,75,86)(H,76,87)(H,77,88)(H,78,91)(H,79,89)(H,80,90)(H,94,95)(H4,66,67,70)(H4,68,69,71)/t35-,36-,37+,42-,43-,44-,45-,46-,47-,48-,49-,50-/m0/s1. The number of fused-ring (bicyclic) bond motifs is 1. The molecule has 3 heterocycles. The molecule has 33 heteroatoms. The number of hydrogen-bond donors (Lipinski definition) is 17. The van der Waals surface area contributed by atoms with Crippen molar-refractivity contribution in [1.82, 2.24) is 57.3 Å². The van der Waals surface area contributed by atoms with Gasteiger partial charge < -0.3 is 102 Å². The van der Waals surface area contributed by atoms with Gasteiger partial charge in [-0.1, -0.05) is 48.5 Å². The monoisotopic (exact) mass is 1360 g/mol. The largest absolute Gasteiger partial charge is 0.480 e. The molecule has 0 bridgehead atoms. The van der Waals surface area contributed by atoms with E-state index < -0.39 is 138 Å². The average molecular weight is 1360 g/mol. The summed E-state index contributed by atoms with van der Waals surface area (Å²) in [6.07, 6.45) is 4.17. The molecular weight excluding hydrogens is 1260 g/mol. The molecule has 528 valence electrons. The molecule has 2 aliphatic rings. The number of rotatable bonds is 39. The van der Waals surface area contributed by atoms with E-state index in [1.165, 1.54) is 42.3 Å². The number of carbonyl (C=O) groups excluding carboxylic acids is 10. The smallest absolute Gasteiger partial charge is 0.326 e. The number of carboxylic acid groups (broad SMARTS) is 1. The van der Waals surface area contributed by atoms with Crippen LogP contribution in [0.25, 0.3) is 10.9 Å². The summed E-state index contributed by atoms with van der Waals surface area (Å²) in [7, 11) is 0. The summed E-state index contributed by atoms with van der Waals surface area (Å²) in [6, 6.07) is 1.93. The van der Waals surface area contributed by atoms with Crippen LogP contribution >= 0.6 is 11.8 Å². The van der Waals surface area contributed by atoms with Gasteiger partial charge in [-0.15, -0.1) is 0 Å². The molecule has 12 atom stereocenters. The lowest BCUT2D eigenvalue weighted by Gasteiger charge is -2.32. The first-order chi connectivity index (χ1) is 45.7. The first kappa shape index (κ1) is 77.6. The number of nitrogens with zero attached hydrogens (tertiary/aromatic N) is 4. The fourth-order valence-corrected chi connectivity index (χ4v) is 11.8. The molecule has 2 aromatic carbocycles. The molecule has 0 aliphatic carbocycles. The molecule has 5 rings (SSSR count). The molecule has 0 saturated carbocycles. The molecule has 23 N–H and O–H groups in total. The number of aliphatic imine (C=N–C) groups is 2. The van der Waals surface area contributed by atoms with Gasteiger partial charge in [0.25, 0.3) is 0 Å². The highest BCUT2D eigenvalue weighted by atomic mass is 32.2. The van der Waals surface area contributed by atoms with Crippen LogP contribution in [0.3, 0.4) is 0 Å². The van der Waals surface area contributed by atoms with Crippen LogP contribution in [0, 0.1) is 0 Å². The van der Waals surface area contributed by atoms with E-state index in [1.807, 2.05) is 18.2 Å². The number of hydrogen-bond acceptors (Lipinski definition) is 17. The number of amides is 10. The van der Waals surface area contributed by atoms with E-state index >= 15 is 0 Å². The van der Waals surface area contributed by atoms with Gasteiger partial charge in [0.1, 0.15) is 60.4 Å². The molecule has 0 radical (unpaired) electrons. The van der Waals surface area contributed by atoms with E-state index in [9.17, 15) is 63.0 Å². The topological polar surface area (TPSA) is 528 Å². The fraction of sp³-hybridized carbons (Fsp3) is 0.571. The second-order valence-corrected chi connectivity index (χ2v) is 25.0. The Morgan fingerprint density at radius 2 is 1.07 bits per heavy atom. The number of aliphatic hydroxyl groups is 1. The first-order valence-electron chi connectivity index (χ1n) is 32.3. The van der Waals surface area contributed by atoms with Gasteiger partial charge in [-0.05, 0) is 134 Å². The number of benzene rings is 2. The molecule has 2 fully saturated rings. The van der Waals surface area contributed by atoms with Crippen molar-refractivity contribution < 1.29 is 63.0 Å². The van der Waals surface area contributed by atoms with Crippen molar-refractivity contribution in [3.63, 3.8) is 0 Å². The Hall–Kier alpha value is -9.08. The minimum atomic E-state index is -1.69. The summed E-state index contributed by atoms with van der Waals surface area (Å²) in [4.78, 5) is 168. The third kappa shape index (κ3) is 24.0. The van der Waals surface area contributed by atoms with Crippen molar-refractivity contribution in [3.05, 3.63) is 71.9 Å². The number of H-pyrrole nitrogens is 1. The molecule has 1 aromatic heterocycles. The normalized spacial score (nSPS) is 17.5. The number of guanidine groups is 2. The number of para-hydroxylation sites is 1. The predicted molar refractivity (Wildman–Crippen MR) is 361 cm³/mol. The molecule has 2 saturated heterocycles. The lowest BCUT2D eigenvalue weighted by atomic mass is 10.0. The highest BCUT2D eigenvalue weighted by Crippen LogP contribution is 2.25. The number of thioether (sulfide) groups is 1. The van der Waals surface area contributed by atoms with E-state index in [0.29, 0.717) is 49.1 Å². The maximum absolute atomic E-state index is 14.8. The third-order valence-electron chi connectivity index (χ3n) is 16.5. The number of aliphatic carboxylic acids is 1. The summed E-state index contributed by atoms with van der Waals surface area (Å²) in [6.45, 7) is 4.66. The first-order valence-corrected chi connectivity index (χ1v) is 33.7. The lowest BCUT2D eigenvalue weighted by Crippen LogP contribution is -2.61. The van der Waals surface area contributed by atoms with Crippen molar-refractivity contribution >= 4 is 99.6 Å². The average Bonchev–Trinajstić information content (AvgIpc) is 1.66. The number of nitrogens with two attached hydrogens (primary N) is 6. The van der Waals surface area contributed by atoms with E-state index in [0.717, 1.165) is 10.9 Å². The Morgan fingerprint density at radius 1 is 0.583 bits per heavy atom. The maximum Gasteiger partial charge on any atom is 0.326 e. The Labute approximate surface area is 561 Å². The van der Waals surface area contributed by atoms with E-state index in [2.05, 4.69) is 57.5 Å². The molecule has 32 nitrogen and oxygen atoms in total. The van der Waals surface area contributed by atoms with Crippen molar-refractivity contribution in [2.45, 2.75) is 183 Å². The SMILES string of the molecule is CSCC[C@H](NC(=O)[C@H](CCCN=C(N)N)NC(=O)[C@H](CCCN=C(N)N)NC(=O)[C@H](CCCCN)NC(=O)[C@H](C)N)C(=O)N[C@@H](C)C(=O)N1CCC[C@H]1C(=O)N[C@H](C(=O)N[C@@H](Cc1c[nH]c2ccccc12)C(=O)N1CCC[C@H]1C(=O)N[C@@H](Cc1ccccc1)C(=O)O)[C@@H](C)O. The van der Waals surface area contributed by atoms with Gasteiger partial charge in [-0.3, -0.25) is 57.9 Å². The third-order valence-corrected chi connectivity index (χ3v) is 17.1. The number of aromatic nitrogens is 1. The summed E-state index contributed by atoms with van der Waals surface area (Å²) in [5.41, 5.74) is 35.7. The van der Waals surface area contributed by atoms with Crippen molar-refractivity contribution in [2.24, 2.45) is 44.4 Å². The highest BCUT2D eigenvalue weighted by molar-refractivity contribution is 7.98. The zero-order valence-electron chi connectivity index (χ0n) is 54.9. The van der Waals surface area contributed by atoms with Gasteiger partial charge in [0, 0.05) is 56.1 Å². The molecule has 0 spiro atoms. The second kappa shape index (κ2) is 39.1. The maximum atomic E-state index is 14.8. The fourth-order valence-electron chi connectivity index (χ4n) is 11.3. The Balaban J connectivity index is 1.31. The van der Waals surface area contributed by atoms with Gasteiger partial charge in [-0.25, -0.2) is 4.79 Å². The molecule has 96 heavy (non-hydrogen) atoms. The van der Waals surface area contributed by atoms with E-state index in [4.69, 9.17) is 34.4 Å². The number of unbranched alkanes of at least 4 members (excludes halogenated alkanes) is 1. The van der Waals surface area contributed by atoms with Crippen LogP contribution in [0.5, 0.6) is 0 Å². The van der Waals surface area contributed by atoms with Crippen LogP contribution in [0.4, 0.5) is 0 Å². The van der Waals surface area contributed by atoms with Crippen LogP contribution in [0.15, 0.2) is 70.8 Å². The second-order valence-electron chi connectivity index (χ2n) is 24.0. The Bertz CT molecular complexity index is 3200. The summed E-state index contributed by atoms with van der Waals surface area (Å²) >= 11 is 1.36. The molecule has 2 aliphatic heterocycles. The highest BCUT2D eigenvalue weighted by Gasteiger charge is 2.43. The number of carbonyl (C=O) groups is 11. The molecule has 0 unspecified atom stereocenters. The summed E-state index contributed by atoms with van der Waals surface area (Å²) in [5, 5.41) is 43.3. The van der Waals surface area contributed by atoms with Gasteiger partial charge >= 0.3 is 5.97 Å².